The second-order valence-electron chi connectivity index (χ2n) is 7.97. The van der Waals surface area contributed by atoms with Crippen molar-refractivity contribution in [3.63, 3.8) is 0 Å². The fourth-order valence-corrected chi connectivity index (χ4v) is 3.48. The van der Waals surface area contributed by atoms with Crippen molar-refractivity contribution in [2.45, 2.75) is 78.2 Å². The number of carboxylic acid groups (broad SMARTS) is 1. The Kier molecular flexibility index (Phi) is 9.57. The fourth-order valence-electron chi connectivity index (χ4n) is 3.48. The van der Waals surface area contributed by atoms with Gasteiger partial charge in [0.05, 0.1) is 6.10 Å². The molecule has 2 unspecified atom stereocenters. The van der Waals surface area contributed by atoms with Crippen LogP contribution in [0.15, 0.2) is 36.0 Å². The highest BCUT2D eigenvalue weighted by Crippen LogP contribution is 2.29. The predicted octanol–water partition coefficient (Wildman–Crippen LogP) is 4.84. The number of hydrogen-bond acceptors (Lipinski definition) is 3. The molecule has 2 N–H and O–H groups in total. The van der Waals surface area contributed by atoms with Crippen LogP contribution in [0, 0.1) is 11.3 Å². The maximum atomic E-state index is 12.0. The number of allylic oxidation sites excluding steroid dienone is 5. The summed E-state index contributed by atoms with van der Waals surface area (Å²) >= 11 is 0. The molecule has 0 fully saturated rings. The van der Waals surface area contributed by atoms with Crippen LogP contribution >= 0.6 is 0 Å². The van der Waals surface area contributed by atoms with Crippen LogP contribution in [-0.2, 0) is 9.59 Å². The Labute approximate surface area is 157 Å². The average Bonchev–Trinajstić information content (AvgIpc) is 2.88. The van der Waals surface area contributed by atoms with Crippen LogP contribution in [0.25, 0.3) is 0 Å². The lowest BCUT2D eigenvalue weighted by atomic mass is 9.82. The summed E-state index contributed by atoms with van der Waals surface area (Å²) in [6, 6.07) is 0. The minimum atomic E-state index is -0.760. The van der Waals surface area contributed by atoms with Gasteiger partial charge in [-0.25, -0.2) is 0 Å². The molecular formula is C22H34O4. The molecule has 0 heterocycles. The third-order valence-corrected chi connectivity index (χ3v) is 4.79. The Hall–Kier alpha value is -1.68. The zero-order chi connectivity index (χ0) is 19.6. The van der Waals surface area contributed by atoms with Crippen molar-refractivity contribution < 1.29 is 19.8 Å². The lowest BCUT2D eigenvalue weighted by Crippen LogP contribution is -2.19. The van der Waals surface area contributed by atoms with Gasteiger partial charge in [-0.05, 0) is 43.6 Å². The summed E-state index contributed by atoms with van der Waals surface area (Å²) in [6.07, 6.45) is 14.9. The predicted molar refractivity (Wildman–Crippen MR) is 105 cm³/mol. The molecule has 0 aromatic heterocycles. The molecule has 1 aliphatic carbocycles. The zero-order valence-corrected chi connectivity index (χ0v) is 16.4. The second-order valence-corrected chi connectivity index (χ2v) is 7.97. The first-order chi connectivity index (χ1) is 12.2. The van der Waals surface area contributed by atoms with Crippen molar-refractivity contribution in [1.82, 2.24) is 0 Å². The fraction of sp³-hybridized carbons (Fsp3) is 0.636. The van der Waals surface area contributed by atoms with E-state index in [1.54, 1.807) is 6.08 Å². The first-order valence-electron chi connectivity index (χ1n) is 9.76. The number of carbonyl (C=O) groups is 2. The molecule has 0 saturated carbocycles. The number of aliphatic hydroxyl groups is 1. The summed E-state index contributed by atoms with van der Waals surface area (Å²) in [7, 11) is 0. The van der Waals surface area contributed by atoms with Crippen molar-refractivity contribution in [1.29, 1.82) is 0 Å². The summed E-state index contributed by atoms with van der Waals surface area (Å²) in [5.41, 5.74) is 0.869. The van der Waals surface area contributed by atoms with E-state index in [2.05, 4.69) is 20.8 Å². The lowest BCUT2D eigenvalue weighted by molar-refractivity contribution is -0.137. The van der Waals surface area contributed by atoms with Gasteiger partial charge < -0.3 is 10.2 Å². The van der Waals surface area contributed by atoms with Gasteiger partial charge >= 0.3 is 5.97 Å². The number of aliphatic carboxylic acids is 1. The van der Waals surface area contributed by atoms with Crippen LogP contribution in [0.2, 0.25) is 0 Å². The number of carbonyl (C=O) groups excluding carboxylic acids is 1. The molecule has 2 atom stereocenters. The maximum Gasteiger partial charge on any atom is 0.303 e. The Bertz CT molecular complexity index is 554. The van der Waals surface area contributed by atoms with Gasteiger partial charge in [0.1, 0.15) is 0 Å². The van der Waals surface area contributed by atoms with Crippen molar-refractivity contribution in [3.05, 3.63) is 36.0 Å². The Morgan fingerprint density at radius 2 is 2.04 bits per heavy atom. The number of hydrogen-bond donors (Lipinski definition) is 2. The number of ketones is 1. The molecule has 1 aliphatic rings. The second kappa shape index (κ2) is 11.1. The van der Waals surface area contributed by atoms with E-state index in [1.807, 2.05) is 24.3 Å². The van der Waals surface area contributed by atoms with Crippen LogP contribution in [0.1, 0.15) is 72.1 Å². The van der Waals surface area contributed by atoms with E-state index in [0.717, 1.165) is 37.7 Å². The molecular weight excluding hydrogens is 328 g/mol. The minimum absolute atomic E-state index is 0.0333. The van der Waals surface area contributed by atoms with Crippen molar-refractivity contribution in [2.24, 2.45) is 11.3 Å². The molecule has 0 spiro atoms. The third kappa shape index (κ3) is 8.61. The molecule has 1 rings (SSSR count). The summed E-state index contributed by atoms with van der Waals surface area (Å²) in [5.74, 6) is -0.791. The van der Waals surface area contributed by atoms with E-state index in [1.165, 1.54) is 0 Å². The monoisotopic (exact) mass is 362 g/mol. The van der Waals surface area contributed by atoms with E-state index in [9.17, 15) is 14.7 Å². The highest BCUT2D eigenvalue weighted by Gasteiger charge is 2.22. The molecule has 4 nitrogen and oxygen atoms in total. The van der Waals surface area contributed by atoms with Gasteiger partial charge in [-0.3, -0.25) is 9.59 Å². The molecule has 0 aromatic carbocycles. The number of carboxylic acids is 1. The first kappa shape index (κ1) is 22.4. The normalized spacial score (nSPS) is 20.4. The van der Waals surface area contributed by atoms with Gasteiger partial charge in [-0.1, -0.05) is 57.9 Å². The van der Waals surface area contributed by atoms with Crippen LogP contribution in [0.4, 0.5) is 0 Å². The van der Waals surface area contributed by atoms with E-state index in [-0.39, 0.29) is 23.5 Å². The van der Waals surface area contributed by atoms with Crippen molar-refractivity contribution in [3.8, 4) is 0 Å². The molecule has 0 aromatic rings. The SMILES string of the molecule is CCCC(C)(C)CC(O)C=CC1C=CC(=O)C1=CCCCCCC(=O)O. The number of aliphatic hydroxyl groups excluding tert-OH is 1. The third-order valence-electron chi connectivity index (χ3n) is 4.79. The molecule has 0 aliphatic heterocycles. The quantitative estimate of drug-likeness (QED) is 0.296. The van der Waals surface area contributed by atoms with Gasteiger partial charge in [0, 0.05) is 17.9 Å². The Morgan fingerprint density at radius 3 is 2.69 bits per heavy atom. The highest BCUT2D eigenvalue weighted by molar-refractivity contribution is 6.07. The number of rotatable bonds is 12. The largest absolute Gasteiger partial charge is 0.481 e. The lowest BCUT2D eigenvalue weighted by Gasteiger charge is -2.25. The molecule has 0 saturated heterocycles. The van der Waals surface area contributed by atoms with Gasteiger partial charge in [-0.2, -0.15) is 0 Å². The molecule has 0 bridgehead atoms. The van der Waals surface area contributed by atoms with E-state index in [0.29, 0.717) is 12.8 Å². The number of unbranched alkanes of at least 4 members (excludes halogenated alkanes) is 3. The summed E-state index contributed by atoms with van der Waals surface area (Å²) < 4.78 is 0. The smallest absolute Gasteiger partial charge is 0.303 e. The van der Waals surface area contributed by atoms with E-state index >= 15 is 0 Å². The van der Waals surface area contributed by atoms with E-state index in [4.69, 9.17) is 5.11 Å². The molecule has 0 amide bonds. The first-order valence-corrected chi connectivity index (χ1v) is 9.76. The standard InChI is InChI=1S/C22H34O4/c1-4-15-22(2,3)16-18(23)13-11-17-12-14-20(24)19(17)9-7-5-6-8-10-21(25)26/h9,11-14,17-18,23H,4-8,10,15-16H2,1-3H3,(H,25,26). The van der Waals surface area contributed by atoms with Gasteiger partial charge in [0.2, 0.25) is 0 Å². The van der Waals surface area contributed by atoms with Gasteiger partial charge in [0.25, 0.3) is 0 Å². The summed E-state index contributed by atoms with van der Waals surface area (Å²) in [5, 5.41) is 18.9. The van der Waals surface area contributed by atoms with Gasteiger partial charge in [0.15, 0.2) is 5.78 Å². The van der Waals surface area contributed by atoms with Crippen LogP contribution in [0.3, 0.4) is 0 Å². The maximum absolute atomic E-state index is 12.0. The minimum Gasteiger partial charge on any atom is -0.481 e. The summed E-state index contributed by atoms with van der Waals surface area (Å²) in [4.78, 5) is 22.5. The van der Waals surface area contributed by atoms with Crippen molar-refractivity contribution in [2.75, 3.05) is 0 Å². The van der Waals surface area contributed by atoms with E-state index < -0.39 is 12.1 Å². The molecule has 0 radical (unpaired) electrons. The van der Waals surface area contributed by atoms with Crippen LogP contribution < -0.4 is 0 Å². The van der Waals surface area contributed by atoms with Gasteiger partial charge in [-0.15, -0.1) is 0 Å². The molecule has 26 heavy (non-hydrogen) atoms. The highest BCUT2D eigenvalue weighted by atomic mass is 16.4. The molecule has 4 heteroatoms. The Morgan fingerprint density at radius 1 is 1.31 bits per heavy atom. The topological polar surface area (TPSA) is 74.6 Å². The average molecular weight is 363 g/mol. The van der Waals surface area contributed by atoms with Crippen molar-refractivity contribution >= 4 is 11.8 Å². The Balaban J connectivity index is 2.51. The zero-order valence-electron chi connectivity index (χ0n) is 16.4. The van der Waals surface area contributed by atoms with Crippen LogP contribution in [-0.4, -0.2) is 28.1 Å². The summed E-state index contributed by atoms with van der Waals surface area (Å²) in [6.45, 7) is 6.49. The van der Waals surface area contributed by atoms with Crippen LogP contribution in [0.5, 0.6) is 0 Å². The molecule has 146 valence electrons.